The van der Waals surface area contributed by atoms with Gasteiger partial charge in [0.05, 0.1) is 18.5 Å². The van der Waals surface area contributed by atoms with Crippen molar-refractivity contribution in [2.75, 3.05) is 11.4 Å². The molecule has 1 amide bonds. The molecule has 0 aromatic carbocycles. The van der Waals surface area contributed by atoms with E-state index in [1.165, 1.54) is 6.20 Å². The summed E-state index contributed by atoms with van der Waals surface area (Å²) in [6.07, 6.45) is 8.11. The number of carbonyl (C=O) groups is 1. The fourth-order valence-electron chi connectivity index (χ4n) is 4.38. The van der Waals surface area contributed by atoms with Crippen LogP contribution in [0.1, 0.15) is 55.2 Å². The van der Waals surface area contributed by atoms with Crippen LogP contribution in [0.25, 0.3) is 0 Å². The zero-order valence-corrected chi connectivity index (χ0v) is 15.7. The number of aryl methyl sites for hydroxylation is 1. The van der Waals surface area contributed by atoms with Gasteiger partial charge in [-0.05, 0) is 49.2 Å². The molecule has 0 radical (unpaired) electrons. The van der Waals surface area contributed by atoms with Crippen molar-refractivity contribution in [1.82, 2.24) is 15.3 Å². The van der Waals surface area contributed by atoms with Crippen LogP contribution in [-0.4, -0.2) is 34.7 Å². The molecule has 3 aliphatic heterocycles. The van der Waals surface area contributed by atoms with Gasteiger partial charge in [-0.2, -0.15) is 0 Å². The van der Waals surface area contributed by atoms with Crippen molar-refractivity contribution in [2.24, 2.45) is 5.10 Å². The number of hydrogen-bond donors (Lipinski definition) is 1. The molecule has 7 nitrogen and oxygen atoms in total. The van der Waals surface area contributed by atoms with Crippen LogP contribution in [0.5, 0.6) is 0 Å². The molecule has 144 valence electrons. The molecule has 3 aliphatic rings. The summed E-state index contributed by atoms with van der Waals surface area (Å²) in [6, 6.07) is 3.53. The third kappa shape index (κ3) is 2.83. The third-order valence-corrected chi connectivity index (χ3v) is 5.81. The fourth-order valence-corrected chi connectivity index (χ4v) is 4.38. The first kappa shape index (κ1) is 17.2. The monoisotopic (exact) mass is 381 g/mol. The van der Waals surface area contributed by atoms with Crippen LogP contribution >= 0.6 is 0 Å². The lowest BCUT2D eigenvalue weighted by molar-refractivity contribution is -0.683. The molecule has 28 heavy (non-hydrogen) atoms. The molecule has 5 heterocycles. The summed E-state index contributed by atoms with van der Waals surface area (Å²) in [7, 11) is 0. The van der Waals surface area contributed by atoms with E-state index in [9.17, 15) is 9.18 Å². The van der Waals surface area contributed by atoms with Crippen molar-refractivity contribution < 1.29 is 13.9 Å². The summed E-state index contributed by atoms with van der Waals surface area (Å²) >= 11 is 0. The minimum absolute atomic E-state index is 0.0294. The molecule has 1 saturated heterocycles. The molecule has 2 aromatic heterocycles. The highest BCUT2D eigenvalue weighted by atomic mass is 19.1. The Morgan fingerprint density at radius 2 is 2.25 bits per heavy atom. The molecule has 2 bridgehead atoms. The second kappa shape index (κ2) is 6.61. The lowest BCUT2D eigenvalue weighted by atomic mass is 9.98. The number of rotatable bonds is 0. The smallest absolute Gasteiger partial charge is 0.344 e. The van der Waals surface area contributed by atoms with Crippen LogP contribution in [0.4, 0.5) is 10.2 Å². The number of nitrogens with one attached hydrogen (secondary N) is 1. The van der Waals surface area contributed by atoms with E-state index in [0.717, 1.165) is 42.9 Å². The number of aromatic nitrogens is 3. The van der Waals surface area contributed by atoms with Gasteiger partial charge in [0, 0.05) is 24.3 Å². The van der Waals surface area contributed by atoms with Crippen molar-refractivity contribution in [1.29, 1.82) is 0 Å². The number of fused-ring (bicyclic) bond motifs is 5. The topological polar surface area (TPSA) is 74.4 Å². The van der Waals surface area contributed by atoms with Gasteiger partial charge in [-0.1, -0.05) is 5.10 Å². The van der Waals surface area contributed by atoms with Crippen LogP contribution in [-0.2, 0) is 11.2 Å². The highest BCUT2D eigenvalue weighted by molar-refractivity contribution is 5.98. The van der Waals surface area contributed by atoms with E-state index >= 15 is 0 Å². The molecule has 0 spiro atoms. The highest BCUT2D eigenvalue weighted by Gasteiger charge is 2.39. The normalized spacial score (nSPS) is 26.0. The van der Waals surface area contributed by atoms with Crippen molar-refractivity contribution in [3.8, 4) is 0 Å². The number of halogens is 1. The van der Waals surface area contributed by atoms with Crippen molar-refractivity contribution in [3.63, 3.8) is 0 Å². The van der Waals surface area contributed by atoms with E-state index < -0.39 is 5.92 Å². The Morgan fingerprint density at radius 1 is 1.36 bits per heavy atom. The van der Waals surface area contributed by atoms with E-state index in [1.807, 2.05) is 19.2 Å². The zero-order chi connectivity index (χ0) is 19.3. The van der Waals surface area contributed by atoms with Crippen molar-refractivity contribution in [2.45, 2.75) is 50.6 Å². The maximum absolute atomic E-state index is 14.1. The van der Waals surface area contributed by atoms with Gasteiger partial charge in [-0.25, -0.2) is 4.39 Å². The lowest BCUT2D eigenvalue weighted by Crippen LogP contribution is -2.40. The number of carbonyl (C=O) groups excluding carboxylic acids is 1. The number of hydrogen-bond acceptors (Lipinski definition) is 5. The van der Waals surface area contributed by atoms with E-state index in [2.05, 4.69) is 20.3 Å². The quantitative estimate of drug-likeness (QED) is 0.704. The Labute approximate surface area is 162 Å². The van der Waals surface area contributed by atoms with Gasteiger partial charge in [0.2, 0.25) is 11.7 Å². The Kier molecular flexibility index (Phi) is 4.07. The maximum atomic E-state index is 14.1. The molecule has 5 rings (SSSR count). The van der Waals surface area contributed by atoms with Gasteiger partial charge in [0.25, 0.3) is 0 Å². The molecule has 3 atom stereocenters. The fraction of sp³-hybridized carbons (Fsp3) is 0.450. The molecule has 1 N–H and O–H groups in total. The van der Waals surface area contributed by atoms with Crippen molar-refractivity contribution >= 4 is 17.9 Å². The Morgan fingerprint density at radius 3 is 3.14 bits per heavy atom. The first-order valence-electron chi connectivity index (χ1n) is 9.78. The minimum atomic E-state index is -0.498. The summed E-state index contributed by atoms with van der Waals surface area (Å²) in [4.78, 5) is 24.2. The predicted molar refractivity (Wildman–Crippen MR) is 101 cm³/mol. The van der Waals surface area contributed by atoms with Crippen LogP contribution in [0.2, 0.25) is 0 Å². The third-order valence-electron chi connectivity index (χ3n) is 5.81. The standard InChI is InChI=1S/C20H21FN6O/c1-12-4-5-16-14(9-13(21)10-22-16)17-3-2-7-26(17)18-6-8-27-19(25-18)15(11-23-27)20(28)24-12/h6,8-12,15,17H,2-5,7H2,1H3/p+1/t12-,15?,17-/m1/s1. The summed E-state index contributed by atoms with van der Waals surface area (Å²) in [6.45, 7) is 2.82. The number of pyridine rings is 1. The molecule has 1 unspecified atom stereocenters. The van der Waals surface area contributed by atoms with E-state index in [4.69, 9.17) is 4.98 Å². The van der Waals surface area contributed by atoms with Crippen LogP contribution in [0.3, 0.4) is 0 Å². The van der Waals surface area contributed by atoms with E-state index in [1.54, 1.807) is 17.0 Å². The Balaban J connectivity index is 1.64. The van der Waals surface area contributed by atoms with Crippen LogP contribution in [0.15, 0.2) is 29.6 Å². The number of nitrogens with zero attached hydrogens (tertiary/aromatic N) is 5. The first-order chi connectivity index (χ1) is 13.6. The average Bonchev–Trinajstić information content (AvgIpc) is 3.32. The first-order valence-corrected chi connectivity index (χ1v) is 9.78. The van der Waals surface area contributed by atoms with E-state index in [-0.39, 0.29) is 23.8 Å². The van der Waals surface area contributed by atoms with E-state index in [0.29, 0.717) is 12.2 Å². The summed E-state index contributed by atoms with van der Waals surface area (Å²) < 4.78 is 15.7. The lowest BCUT2D eigenvalue weighted by Gasteiger charge is -2.25. The van der Waals surface area contributed by atoms with Crippen molar-refractivity contribution in [3.05, 3.63) is 47.4 Å². The Bertz CT molecular complexity index is 977. The summed E-state index contributed by atoms with van der Waals surface area (Å²) in [5.74, 6) is 0.491. The van der Waals surface area contributed by atoms with Gasteiger partial charge in [-0.3, -0.25) is 9.78 Å². The van der Waals surface area contributed by atoms with Gasteiger partial charge < -0.3 is 10.2 Å². The Hall–Kier alpha value is -2.90. The molecule has 0 aliphatic carbocycles. The number of amides is 1. The van der Waals surface area contributed by atoms with Gasteiger partial charge >= 0.3 is 5.82 Å². The number of anilines is 1. The van der Waals surface area contributed by atoms with Crippen LogP contribution < -0.4 is 14.9 Å². The second-order valence-electron chi connectivity index (χ2n) is 7.72. The molecule has 1 fully saturated rings. The average molecular weight is 381 g/mol. The highest BCUT2D eigenvalue weighted by Crippen LogP contribution is 2.37. The molecular weight excluding hydrogens is 359 g/mol. The molecule has 0 saturated carbocycles. The largest absolute Gasteiger partial charge is 0.353 e. The molecule has 8 heteroatoms. The summed E-state index contributed by atoms with van der Waals surface area (Å²) in [5, 5.41) is 7.35. The molecule has 2 aromatic rings. The van der Waals surface area contributed by atoms with Gasteiger partial charge in [0.1, 0.15) is 12.0 Å². The summed E-state index contributed by atoms with van der Waals surface area (Å²) in [5.41, 5.74) is 1.83. The van der Waals surface area contributed by atoms with Crippen LogP contribution in [0, 0.1) is 5.82 Å². The van der Waals surface area contributed by atoms with Gasteiger partial charge in [0.15, 0.2) is 5.92 Å². The zero-order valence-electron chi connectivity index (χ0n) is 15.7. The predicted octanol–water partition coefficient (Wildman–Crippen LogP) is 1.63. The SMILES string of the molecule is C[C@@H]1CCc2ncc(F)cc2[C@H]2CCCN2c2cc[n+]3c(n2)C(C=N3)C(=O)N1. The molecular formula is C20H22FN6O+. The van der Waals surface area contributed by atoms with Gasteiger partial charge in [-0.15, -0.1) is 4.68 Å². The minimum Gasteiger partial charge on any atom is -0.353 e. The second-order valence-corrected chi connectivity index (χ2v) is 7.72. The maximum Gasteiger partial charge on any atom is 0.344 e.